The SMILES string of the molecule is CCOC(=O)c1ccccc1S.CCOC(=O)c1ccccc1SC.CI. The third kappa shape index (κ3) is 9.53. The average molecular weight is 520 g/mol. The lowest BCUT2D eigenvalue weighted by molar-refractivity contribution is 0.0513. The molecule has 0 spiro atoms. The summed E-state index contributed by atoms with van der Waals surface area (Å²) in [4.78, 5) is 26.2. The van der Waals surface area contributed by atoms with Gasteiger partial charge in [-0.1, -0.05) is 46.9 Å². The topological polar surface area (TPSA) is 52.6 Å². The van der Waals surface area contributed by atoms with E-state index in [9.17, 15) is 9.59 Å². The maximum Gasteiger partial charge on any atom is 0.339 e. The number of rotatable bonds is 5. The van der Waals surface area contributed by atoms with Crippen molar-refractivity contribution in [3.63, 3.8) is 0 Å². The molecule has 0 aliphatic rings. The Morgan fingerprint density at radius 3 is 1.81 bits per heavy atom. The maximum atomic E-state index is 11.4. The molecule has 0 amide bonds. The minimum Gasteiger partial charge on any atom is -0.462 e. The molecule has 7 heteroatoms. The van der Waals surface area contributed by atoms with Crippen molar-refractivity contribution in [2.45, 2.75) is 23.6 Å². The highest BCUT2D eigenvalue weighted by atomic mass is 127. The standard InChI is InChI=1S/C10H12O2S.C9H10O2S.CH3I/c1-3-12-10(11)8-6-4-5-7-9(8)13-2;1-2-11-9(10)7-5-3-4-6-8(7)12;1-2/h4-7H,3H2,1-2H3;3-6,12H,2H2,1H3;1H3. The van der Waals surface area contributed by atoms with Gasteiger partial charge in [-0.25, -0.2) is 9.59 Å². The first-order valence-corrected chi connectivity index (χ1v) is 12.0. The van der Waals surface area contributed by atoms with Gasteiger partial charge in [-0.15, -0.1) is 24.4 Å². The highest BCUT2D eigenvalue weighted by Gasteiger charge is 2.10. The van der Waals surface area contributed by atoms with Crippen LogP contribution in [-0.2, 0) is 9.47 Å². The molecule has 148 valence electrons. The molecule has 0 bridgehead atoms. The first-order chi connectivity index (χ1) is 13.0. The third-order valence-corrected chi connectivity index (χ3v) is 4.19. The van der Waals surface area contributed by atoms with Crippen LogP contribution in [0.1, 0.15) is 34.6 Å². The molecule has 2 rings (SSSR count). The second-order valence-electron chi connectivity index (χ2n) is 4.66. The predicted octanol–water partition coefficient (Wildman–Crippen LogP) is 5.79. The summed E-state index contributed by atoms with van der Waals surface area (Å²) in [6, 6.07) is 14.5. The van der Waals surface area contributed by atoms with E-state index < -0.39 is 0 Å². The third-order valence-electron chi connectivity index (χ3n) is 3.00. The average Bonchev–Trinajstić information content (AvgIpc) is 2.70. The number of benzene rings is 2. The number of halogens is 1. The van der Waals surface area contributed by atoms with Crippen LogP contribution in [-0.4, -0.2) is 36.3 Å². The van der Waals surface area contributed by atoms with Crippen molar-refractivity contribution in [1.82, 2.24) is 0 Å². The summed E-state index contributed by atoms with van der Waals surface area (Å²) < 4.78 is 9.74. The van der Waals surface area contributed by atoms with Crippen molar-refractivity contribution in [3.05, 3.63) is 59.7 Å². The van der Waals surface area contributed by atoms with E-state index in [-0.39, 0.29) is 11.9 Å². The van der Waals surface area contributed by atoms with Gasteiger partial charge in [0.1, 0.15) is 0 Å². The molecule has 0 radical (unpaired) electrons. The number of hydrogen-bond acceptors (Lipinski definition) is 6. The Morgan fingerprint density at radius 2 is 1.33 bits per heavy atom. The van der Waals surface area contributed by atoms with Gasteiger partial charge in [0.05, 0.1) is 24.3 Å². The molecule has 0 unspecified atom stereocenters. The number of carbonyl (C=O) groups excluding carboxylic acids is 2. The first kappa shape index (κ1) is 25.8. The van der Waals surface area contributed by atoms with Crippen LogP contribution in [0.5, 0.6) is 0 Å². The molecule has 0 fully saturated rings. The number of thioether (sulfide) groups is 1. The number of carbonyl (C=O) groups is 2. The van der Waals surface area contributed by atoms with Gasteiger partial charge in [-0.2, -0.15) is 0 Å². The molecule has 0 saturated heterocycles. The Bertz CT molecular complexity index is 708. The van der Waals surface area contributed by atoms with Crippen molar-refractivity contribution < 1.29 is 19.1 Å². The minimum absolute atomic E-state index is 0.243. The molecule has 0 saturated carbocycles. The zero-order chi connectivity index (χ0) is 20.7. The summed E-state index contributed by atoms with van der Waals surface area (Å²) in [5.74, 6) is -0.560. The monoisotopic (exact) mass is 520 g/mol. The van der Waals surface area contributed by atoms with Gasteiger partial charge in [-0.3, -0.25) is 0 Å². The van der Waals surface area contributed by atoms with Gasteiger partial charge in [0, 0.05) is 9.79 Å². The smallest absolute Gasteiger partial charge is 0.339 e. The lowest BCUT2D eigenvalue weighted by atomic mass is 10.2. The molecule has 4 nitrogen and oxygen atoms in total. The molecule has 0 aliphatic carbocycles. The molecule has 0 aromatic heterocycles. The van der Waals surface area contributed by atoms with Crippen molar-refractivity contribution >= 4 is 58.9 Å². The second kappa shape index (κ2) is 15.8. The molecular formula is C20H25IO4S2. The maximum absolute atomic E-state index is 11.4. The van der Waals surface area contributed by atoms with Crippen LogP contribution < -0.4 is 0 Å². The van der Waals surface area contributed by atoms with Gasteiger partial charge in [-0.05, 0) is 49.3 Å². The Kier molecular flexibility index (Phi) is 15.1. The number of hydrogen-bond donors (Lipinski definition) is 1. The Balaban J connectivity index is 0.000000460. The number of thiol groups is 1. The fraction of sp³-hybridized carbons (Fsp3) is 0.300. The van der Waals surface area contributed by atoms with E-state index in [1.165, 1.54) is 0 Å². The summed E-state index contributed by atoms with van der Waals surface area (Å²) in [5, 5.41) is 0. The normalized spacial score (nSPS) is 9.11. The van der Waals surface area contributed by atoms with E-state index in [2.05, 4.69) is 35.2 Å². The molecule has 2 aromatic carbocycles. The fourth-order valence-electron chi connectivity index (χ4n) is 1.88. The van der Waals surface area contributed by atoms with Gasteiger partial charge < -0.3 is 9.47 Å². The molecule has 27 heavy (non-hydrogen) atoms. The lowest BCUT2D eigenvalue weighted by Gasteiger charge is -2.05. The summed E-state index contributed by atoms with van der Waals surface area (Å²) in [5.41, 5.74) is 1.17. The largest absolute Gasteiger partial charge is 0.462 e. The van der Waals surface area contributed by atoms with Gasteiger partial charge >= 0.3 is 11.9 Å². The molecule has 0 atom stereocenters. The summed E-state index contributed by atoms with van der Waals surface area (Å²) >= 11 is 7.83. The van der Waals surface area contributed by atoms with Crippen LogP contribution >= 0.6 is 47.0 Å². The van der Waals surface area contributed by atoms with E-state index in [0.717, 1.165) is 4.90 Å². The zero-order valence-corrected chi connectivity index (χ0v) is 19.8. The van der Waals surface area contributed by atoms with Crippen LogP contribution in [0.25, 0.3) is 0 Å². The van der Waals surface area contributed by atoms with E-state index in [1.54, 1.807) is 49.9 Å². The van der Waals surface area contributed by atoms with Crippen LogP contribution in [0.3, 0.4) is 0 Å². The molecule has 0 aliphatic heterocycles. The van der Waals surface area contributed by atoms with Crippen molar-refractivity contribution in [3.8, 4) is 0 Å². The molecule has 0 heterocycles. The van der Waals surface area contributed by atoms with Crippen LogP contribution in [0, 0.1) is 0 Å². The van der Waals surface area contributed by atoms with E-state index in [4.69, 9.17) is 9.47 Å². The van der Waals surface area contributed by atoms with Gasteiger partial charge in [0.25, 0.3) is 0 Å². The van der Waals surface area contributed by atoms with Gasteiger partial charge in [0.15, 0.2) is 0 Å². The van der Waals surface area contributed by atoms with Gasteiger partial charge in [0.2, 0.25) is 0 Å². The van der Waals surface area contributed by atoms with Crippen LogP contribution in [0.15, 0.2) is 58.3 Å². The minimum atomic E-state index is -0.317. The molecular weight excluding hydrogens is 495 g/mol. The molecule has 2 aromatic rings. The Labute approximate surface area is 185 Å². The number of ether oxygens (including phenoxy) is 2. The number of alkyl halides is 1. The van der Waals surface area contributed by atoms with E-state index in [0.29, 0.717) is 29.2 Å². The fourth-order valence-corrected chi connectivity index (χ4v) is 2.72. The van der Waals surface area contributed by atoms with Crippen LogP contribution in [0.2, 0.25) is 0 Å². The van der Waals surface area contributed by atoms with Crippen molar-refractivity contribution in [1.29, 1.82) is 0 Å². The van der Waals surface area contributed by atoms with Crippen LogP contribution in [0.4, 0.5) is 0 Å². The summed E-state index contributed by atoms with van der Waals surface area (Å²) in [7, 11) is 0. The predicted molar refractivity (Wildman–Crippen MR) is 124 cm³/mol. The summed E-state index contributed by atoms with van der Waals surface area (Å²) in [6.07, 6.45) is 1.94. The Hall–Kier alpha value is -1.19. The zero-order valence-electron chi connectivity index (χ0n) is 15.9. The second-order valence-corrected chi connectivity index (χ2v) is 5.99. The highest BCUT2D eigenvalue weighted by molar-refractivity contribution is 14.1. The molecule has 0 N–H and O–H groups in total. The lowest BCUT2D eigenvalue weighted by Crippen LogP contribution is -2.05. The van der Waals surface area contributed by atoms with Crippen molar-refractivity contribution in [2.24, 2.45) is 0 Å². The highest BCUT2D eigenvalue weighted by Crippen LogP contribution is 2.20. The number of esters is 2. The Morgan fingerprint density at radius 1 is 0.889 bits per heavy atom. The van der Waals surface area contributed by atoms with Crippen molar-refractivity contribution in [2.75, 3.05) is 24.4 Å². The quantitative estimate of drug-likeness (QED) is 0.178. The first-order valence-electron chi connectivity index (χ1n) is 8.18. The van der Waals surface area contributed by atoms with E-state index >= 15 is 0 Å². The summed E-state index contributed by atoms with van der Waals surface area (Å²) in [6.45, 7) is 4.39. The van der Waals surface area contributed by atoms with E-state index in [1.807, 2.05) is 35.5 Å².